The number of ether oxygens (including phenoxy) is 1. The van der Waals surface area contributed by atoms with Crippen LogP contribution < -0.4 is 4.74 Å². The molecule has 0 spiro atoms. The van der Waals surface area contributed by atoms with Gasteiger partial charge in [0.2, 0.25) is 0 Å². The highest BCUT2D eigenvalue weighted by Crippen LogP contribution is 2.20. The number of aromatic nitrogens is 1. The topological polar surface area (TPSA) is 22.1 Å². The van der Waals surface area contributed by atoms with Crippen molar-refractivity contribution in [2.75, 3.05) is 0 Å². The van der Waals surface area contributed by atoms with Crippen LogP contribution in [0.15, 0.2) is 23.7 Å². The predicted octanol–water partition coefficient (Wildman–Crippen LogP) is 1.46. The molecule has 1 aliphatic rings. The van der Waals surface area contributed by atoms with Crippen LogP contribution in [0, 0.1) is 0 Å². The highest BCUT2D eigenvalue weighted by atomic mass is 32.1. The number of rotatable bonds is 2. The average molecular weight is 139 g/mol. The molecular formula is C6H5NOS. The Hall–Kier alpha value is -0.830. The molecule has 1 aliphatic carbocycles. The van der Waals surface area contributed by atoms with Crippen molar-refractivity contribution in [1.82, 2.24) is 4.98 Å². The van der Waals surface area contributed by atoms with Crippen LogP contribution in [-0.2, 0) is 0 Å². The summed E-state index contributed by atoms with van der Waals surface area (Å²) in [4.78, 5) is 3.95. The molecule has 0 fully saturated rings. The summed E-state index contributed by atoms with van der Waals surface area (Å²) in [7, 11) is 0. The lowest BCUT2D eigenvalue weighted by Gasteiger charge is -1.95. The largest absolute Gasteiger partial charge is 0.458 e. The van der Waals surface area contributed by atoms with Crippen molar-refractivity contribution in [3.8, 4) is 5.19 Å². The summed E-state index contributed by atoms with van der Waals surface area (Å²) >= 11 is 1.52. The zero-order chi connectivity index (χ0) is 6.10. The van der Waals surface area contributed by atoms with Gasteiger partial charge >= 0.3 is 0 Å². The first-order chi connectivity index (χ1) is 4.45. The van der Waals surface area contributed by atoms with Gasteiger partial charge in [-0.15, -0.1) is 0 Å². The van der Waals surface area contributed by atoms with Crippen LogP contribution in [-0.4, -0.2) is 11.1 Å². The van der Waals surface area contributed by atoms with E-state index in [0.717, 1.165) is 5.19 Å². The summed E-state index contributed by atoms with van der Waals surface area (Å²) in [6.07, 6.45) is 5.95. The Labute approximate surface area is 56.8 Å². The molecule has 2 nitrogen and oxygen atoms in total. The third-order valence-corrected chi connectivity index (χ3v) is 1.66. The lowest BCUT2D eigenvalue weighted by molar-refractivity contribution is 0.324. The standard InChI is InChI=1S/C6H5NOS/c1-2-5(1)8-6-7-3-4-9-6/h1-5H. The lowest BCUT2D eigenvalue weighted by Crippen LogP contribution is -1.96. The van der Waals surface area contributed by atoms with Gasteiger partial charge in [-0.3, -0.25) is 0 Å². The molecule has 0 aliphatic heterocycles. The first-order valence-corrected chi connectivity index (χ1v) is 3.57. The monoisotopic (exact) mass is 139 g/mol. The van der Waals surface area contributed by atoms with E-state index in [0.29, 0.717) is 0 Å². The molecule has 0 atom stereocenters. The van der Waals surface area contributed by atoms with Crippen LogP contribution >= 0.6 is 11.3 Å². The highest BCUT2D eigenvalue weighted by molar-refractivity contribution is 7.11. The van der Waals surface area contributed by atoms with E-state index in [4.69, 9.17) is 4.74 Å². The van der Waals surface area contributed by atoms with E-state index < -0.39 is 0 Å². The van der Waals surface area contributed by atoms with Gasteiger partial charge < -0.3 is 4.74 Å². The molecule has 1 heterocycles. The van der Waals surface area contributed by atoms with E-state index in [9.17, 15) is 0 Å². The Bertz CT molecular complexity index is 211. The fourth-order valence-electron chi connectivity index (χ4n) is 0.509. The minimum absolute atomic E-state index is 0.233. The number of hydrogen-bond acceptors (Lipinski definition) is 3. The molecule has 0 unspecified atom stereocenters. The zero-order valence-corrected chi connectivity index (χ0v) is 5.47. The summed E-state index contributed by atoms with van der Waals surface area (Å²) in [6, 6.07) is 0. The van der Waals surface area contributed by atoms with Crippen molar-refractivity contribution in [2.45, 2.75) is 6.10 Å². The summed E-state index contributed by atoms with van der Waals surface area (Å²) in [5.74, 6) is 0. The molecule has 9 heavy (non-hydrogen) atoms. The van der Waals surface area contributed by atoms with Crippen molar-refractivity contribution in [3.05, 3.63) is 23.7 Å². The highest BCUT2D eigenvalue weighted by Gasteiger charge is 2.12. The molecule has 46 valence electrons. The van der Waals surface area contributed by atoms with Gasteiger partial charge in [-0.2, -0.15) is 0 Å². The van der Waals surface area contributed by atoms with Gasteiger partial charge in [-0.25, -0.2) is 4.98 Å². The Kier molecular flexibility index (Phi) is 1.02. The Balaban J connectivity index is 1.99. The van der Waals surface area contributed by atoms with Crippen molar-refractivity contribution in [2.24, 2.45) is 0 Å². The molecule has 0 saturated carbocycles. The van der Waals surface area contributed by atoms with Crippen molar-refractivity contribution in [1.29, 1.82) is 0 Å². The normalized spacial score (nSPS) is 16.0. The van der Waals surface area contributed by atoms with Crippen LogP contribution in [0.3, 0.4) is 0 Å². The first kappa shape index (κ1) is 4.99. The number of thiazole rings is 1. The van der Waals surface area contributed by atoms with Crippen LogP contribution in [0.1, 0.15) is 0 Å². The van der Waals surface area contributed by atoms with Gasteiger partial charge in [0.15, 0.2) is 0 Å². The molecule has 0 radical (unpaired) electrons. The maximum absolute atomic E-state index is 5.26. The maximum atomic E-state index is 5.26. The van der Waals surface area contributed by atoms with Gasteiger partial charge in [0.05, 0.1) is 0 Å². The second-order valence-corrected chi connectivity index (χ2v) is 2.62. The molecule has 0 aromatic carbocycles. The molecule has 0 saturated heterocycles. The van der Waals surface area contributed by atoms with Gasteiger partial charge in [0.1, 0.15) is 6.10 Å². The van der Waals surface area contributed by atoms with Gasteiger partial charge in [0.25, 0.3) is 5.19 Å². The molecule has 1 aromatic rings. The Morgan fingerprint density at radius 3 is 3.00 bits per heavy atom. The van der Waals surface area contributed by atoms with E-state index in [2.05, 4.69) is 4.98 Å². The van der Waals surface area contributed by atoms with E-state index in [1.54, 1.807) is 6.20 Å². The van der Waals surface area contributed by atoms with E-state index >= 15 is 0 Å². The summed E-state index contributed by atoms with van der Waals surface area (Å²) in [5, 5.41) is 2.66. The van der Waals surface area contributed by atoms with Gasteiger partial charge in [-0.05, 0) is 12.2 Å². The summed E-state index contributed by atoms with van der Waals surface area (Å²) in [5.41, 5.74) is 0. The summed E-state index contributed by atoms with van der Waals surface area (Å²) < 4.78 is 5.26. The fourth-order valence-corrected chi connectivity index (χ4v) is 1.04. The average Bonchev–Trinajstić information content (AvgIpc) is 2.46. The molecule has 0 bridgehead atoms. The third-order valence-electron chi connectivity index (χ3n) is 0.996. The second kappa shape index (κ2) is 1.84. The van der Waals surface area contributed by atoms with Crippen molar-refractivity contribution >= 4 is 11.3 Å². The van der Waals surface area contributed by atoms with Gasteiger partial charge in [0, 0.05) is 11.6 Å². The minimum Gasteiger partial charge on any atom is -0.458 e. The SMILES string of the molecule is C1=CC1Oc1nccs1. The number of hydrogen-bond donors (Lipinski definition) is 0. The molecule has 1 aromatic heterocycles. The van der Waals surface area contributed by atoms with E-state index in [-0.39, 0.29) is 6.10 Å². The van der Waals surface area contributed by atoms with E-state index in [1.807, 2.05) is 17.5 Å². The third kappa shape index (κ3) is 1.10. The maximum Gasteiger partial charge on any atom is 0.274 e. The molecule has 0 N–H and O–H groups in total. The minimum atomic E-state index is 0.233. The summed E-state index contributed by atoms with van der Waals surface area (Å²) in [6.45, 7) is 0. The Morgan fingerprint density at radius 2 is 2.44 bits per heavy atom. The molecular weight excluding hydrogens is 134 g/mol. The first-order valence-electron chi connectivity index (χ1n) is 2.69. The molecule has 0 amide bonds. The predicted molar refractivity (Wildman–Crippen MR) is 35.7 cm³/mol. The lowest BCUT2D eigenvalue weighted by atomic mass is 10.8. The van der Waals surface area contributed by atoms with E-state index in [1.165, 1.54) is 11.3 Å². The van der Waals surface area contributed by atoms with Crippen LogP contribution in [0.4, 0.5) is 0 Å². The second-order valence-electron chi connectivity index (χ2n) is 1.77. The van der Waals surface area contributed by atoms with Crippen LogP contribution in [0.5, 0.6) is 5.19 Å². The van der Waals surface area contributed by atoms with Crippen molar-refractivity contribution < 1.29 is 4.74 Å². The molecule has 2 rings (SSSR count). The van der Waals surface area contributed by atoms with Crippen LogP contribution in [0.2, 0.25) is 0 Å². The van der Waals surface area contributed by atoms with Crippen LogP contribution in [0.25, 0.3) is 0 Å². The Morgan fingerprint density at radius 1 is 1.56 bits per heavy atom. The fraction of sp³-hybridized carbons (Fsp3) is 0.167. The van der Waals surface area contributed by atoms with Gasteiger partial charge in [-0.1, -0.05) is 11.3 Å². The number of nitrogens with zero attached hydrogens (tertiary/aromatic N) is 1. The molecule has 3 heteroatoms. The zero-order valence-electron chi connectivity index (χ0n) is 4.65. The smallest absolute Gasteiger partial charge is 0.274 e. The quantitative estimate of drug-likeness (QED) is 0.579. The van der Waals surface area contributed by atoms with Crippen molar-refractivity contribution in [3.63, 3.8) is 0 Å².